The van der Waals surface area contributed by atoms with Crippen molar-refractivity contribution in [2.24, 2.45) is 10.2 Å². The van der Waals surface area contributed by atoms with Crippen molar-refractivity contribution in [3.63, 3.8) is 0 Å². The number of allylic oxidation sites excluding steroid dienone is 3. The zero-order chi connectivity index (χ0) is 14.7. The highest BCUT2D eigenvalue weighted by molar-refractivity contribution is 5.57. The van der Waals surface area contributed by atoms with Gasteiger partial charge in [-0.3, -0.25) is 0 Å². The molecule has 0 aromatic heterocycles. The largest absolute Gasteiger partial charge is 0.399 e. The second kappa shape index (κ2) is 5.38. The van der Waals surface area contributed by atoms with Crippen LogP contribution in [0.3, 0.4) is 0 Å². The number of hydrogen-bond donors (Lipinski definition) is 1. The van der Waals surface area contributed by atoms with Crippen LogP contribution in [-0.2, 0) is 0 Å². The summed E-state index contributed by atoms with van der Waals surface area (Å²) in [6.07, 6.45) is 0.364. The minimum atomic E-state index is 0.364. The Morgan fingerprint density at radius 1 is 1.15 bits per heavy atom. The van der Waals surface area contributed by atoms with Crippen LogP contribution in [0.2, 0.25) is 0 Å². The first kappa shape index (κ1) is 13.5. The van der Waals surface area contributed by atoms with Gasteiger partial charge in [-0.05, 0) is 43.2 Å². The number of benzene rings is 1. The Morgan fingerprint density at radius 2 is 1.90 bits per heavy atom. The van der Waals surface area contributed by atoms with Gasteiger partial charge >= 0.3 is 0 Å². The number of anilines is 1. The van der Waals surface area contributed by atoms with E-state index in [1.54, 1.807) is 19.1 Å². The van der Waals surface area contributed by atoms with E-state index in [-0.39, 0.29) is 0 Å². The van der Waals surface area contributed by atoms with Gasteiger partial charge in [0, 0.05) is 17.7 Å². The van der Waals surface area contributed by atoms with E-state index in [1.807, 2.05) is 13.0 Å². The van der Waals surface area contributed by atoms with Crippen molar-refractivity contribution >= 4 is 11.4 Å². The lowest BCUT2D eigenvalue weighted by molar-refractivity contribution is 1.05. The minimum absolute atomic E-state index is 0.364. The summed E-state index contributed by atoms with van der Waals surface area (Å²) in [6, 6.07) is 9.52. The molecule has 0 atom stereocenters. The first-order valence-corrected chi connectivity index (χ1v) is 6.08. The van der Waals surface area contributed by atoms with E-state index in [0.717, 1.165) is 5.56 Å². The van der Waals surface area contributed by atoms with Gasteiger partial charge in [0.2, 0.25) is 0 Å². The molecule has 2 N–H and O–H groups in total. The third kappa shape index (κ3) is 2.43. The van der Waals surface area contributed by atoms with Crippen molar-refractivity contribution in [3.8, 4) is 12.1 Å². The molecule has 0 radical (unpaired) electrons. The molecule has 0 saturated heterocycles. The fourth-order valence-corrected chi connectivity index (χ4v) is 2.02. The molecule has 0 amide bonds. The van der Waals surface area contributed by atoms with E-state index in [2.05, 4.69) is 22.4 Å². The Labute approximate surface area is 117 Å². The molecule has 0 spiro atoms. The molecule has 1 aliphatic rings. The number of nitriles is 2. The summed E-state index contributed by atoms with van der Waals surface area (Å²) in [6.45, 7) is 3.65. The molecule has 0 fully saturated rings. The molecule has 20 heavy (non-hydrogen) atoms. The van der Waals surface area contributed by atoms with Gasteiger partial charge in [0.1, 0.15) is 6.07 Å². The summed E-state index contributed by atoms with van der Waals surface area (Å²) in [7, 11) is 0. The summed E-state index contributed by atoms with van der Waals surface area (Å²) in [5, 5.41) is 26.4. The highest BCUT2D eigenvalue weighted by Crippen LogP contribution is 2.33. The summed E-state index contributed by atoms with van der Waals surface area (Å²) in [4.78, 5) is 0. The van der Waals surface area contributed by atoms with Crippen molar-refractivity contribution in [2.45, 2.75) is 20.3 Å². The topological polar surface area (TPSA) is 98.3 Å². The van der Waals surface area contributed by atoms with E-state index in [4.69, 9.17) is 16.3 Å². The molecule has 5 nitrogen and oxygen atoms in total. The van der Waals surface area contributed by atoms with Gasteiger partial charge in [0.15, 0.2) is 0 Å². The second-order valence-electron chi connectivity index (χ2n) is 4.57. The monoisotopic (exact) mass is 263 g/mol. The van der Waals surface area contributed by atoms with E-state index in [1.165, 1.54) is 0 Å². The summed E-state index contributed by atoms with van der Waals surface area (Å²) in [5.41, 5.74) is 10.2. The Balaban J connectivity index is 2.32. The molecular weight excluding hydrogens is 250 g/mol. The number of nitrogens with zero attached hydrogens (tertiary/aromatic N) is 4. The summed E-state index contributed by atoms with van der Waals surface area (Å²) in [5.74, 6) is 0. The van der Waals surface area contributed by atoms with Gasteiger partial charge in [-0.2, -0.15) is 20.8 Å². The maximum atomic E-state index is 9.14. The van der Waals surface area contributed by atoms with Crippen LogP contribution in [0.1, 0.15) is 18.9 Å². The summed E-state index contributed by atoms with van der Waals surface area (Å²) >= 11 is 0. The minimum Gasteiger partial charge on any atom is -0.399 e. The van der Waals surface area contributed by atoms with E-state index < -0.39 is 0 Å². The van der Waals surface area contributed by atoms with Crippen molar-refractivity contribution in [3.05, 3.63) is 46.2 Å². The predicted octanol–water partition coefficient (Wildman–Crippen LogP) is 3.68. The fraction of sp³-hybridized carbons (Fsp3) is 0.200. The van der Waals surface area contributed by atoms with Crippen molar-refractivity contribution in [2.75, 3.05) is 5.73 Å². The molecule has 5 heteroatoms. The zero-order valence-electron chi connectivity index (χ0n) is 11.3. The number of nitrogen functional groups attached to an aromatic ring is 1. The molecule has 0 aliphatic heterocycles. The summed E-state index contributed by atoms with van der Waals surface area (Å²) < 4.78 is 0. The smallest absolute Gasteiger partial charge is 0.101 e. The van der Waals surface area contributed by atoms with E-state index in [9.17, 15) is 0 Å². The van der Waals surface area contributed by atoms with Crippen LogP contribution in [0.5, 0.6) is 0 Å². The van der Waals surface area contributed by atoms with Gasteiger partial charge in [0.25, 0.3) is 0 Å². The molecule has 0 unspecified atom stereocenters. The third-order valence-corrected chi connectivity index (χ3v) is 3.21. The highest BCUT2D eigenvalue weighted by atomic mass is 15.1. The molecule has 0 bridgehead atoms. The molecule has 0 heterocycles. The van der Waals surface area contributed by atoms with Gasteiger partial charge in [-0.15, -0.1) is 0 Å². The molecule has 1 aliphatic carbocycles. The number of azo groups is 1. The van der Waals surface area contributed by atoms with Crippen LogP contribution in [0.15, 0.2) is 50.8 Å². The van der Waals surface area contributed by atoms with Crippen LogP contribution in [0.4, 0.5) is 11.4 Å². The van der Waals surface area contributed by atoms with Gasteiger partial charge < -0.3 is 5.73 Å². The lowest BCUT2D eigenvalue weighted by Gasteiger charge is -2.00. The third-order valence-electron chi connectivity index (χ3n) is 3.21. The molecule has 1 aromatic carbocycles. The number of aryl methyl sites for hydroxylation is 1. The van der Waals surface area contributed by atoms with E-state index in [0.29, 0.717) is 40.2 Å². The quantitative estimate of drug-likeness (QED) is 0.650. The Morgan fingerprint density at radius 3 is 2.50 bits per heavy atom. The highest BCUT2D eigenvalue weighted by Gasteiger charge is 2.21. The van der Waals surface area contributed by atoms with Gasteiger partial charge in [-0.25, -0.2) is 0 Å². The predicted molar refractivity (Wildman–Crippen MR) is 75.7 cm³/mol. The van der Waals surface area contributed by atoms with Crippen LogP contribution < -0.4 is 5.73 Å². The SMILES string of the molecule is CC1=C(C#N)CC(/N=N/c2ccc(N)cc2C)=C1C#N. The first-order chi connectivity index (χ1) is 9.56. The van der Waals surface area contributed by atoms with Crippen LogP contribution in [0.25, 0.3) is 0 Å². The molecule has 98 valence electrons. The lowest BCUT2D eigenvalue weighted by atomic mass is 10.1. The Hall–Kier alpha value is -2.92. The molecule has 2 rings (SSSR count). The number of nitrogens with two attached hydrogens (primary N) is 1. The normalized spacial score (nSPS) is 14.8. The van der Waals surface area contributed by atoms with Crippen molar-refractivity contribution in [1.82, 2.24) is 0 Å². The van der Waals surface area contributed by atoms with Gasteiger partial charge in [-0.1, -0.05) is 0 Å². The average molecular weight is 263 g/mol. The molecular formula is C15H13N5. The Bertz CT molecular complexity index is 739. The van der Waals surface area contributed by atoms with Crippen molar-refractivity contribution in [1.29, 1.82) is 10.5 Å². The standard InChI is InChI=1S/C15H13N5/c1-9-5-12(18)3-4-14(9)19-20-15-6-11(7-16)10(2)13(15)8-17/h3-5H,6,18H2,1-2H3/b20-19+. The van der Waals surface area contributed by atoms with Crippen LogP contribution >= 0.6 is 0 Å². The maximum absolute atomic E-state index is 9.14. The van der Waals surface area contributed by atoms with Crippen LogP contribution in [0, 0.1) is 29.6 Å². The zero-order valence-corrected chi connectivity index (χ0v) is 11.3. The van der Waals surface area contributed by atoms with Crippen LogP contribution in [-0.4, -0.2) is 0 Å². The number of rotatable bonds is 2. The Kier molecular flexibility index (Phi) is 3.63. The maximum Gasteiger partial charge on any atom is 0.101 e. The fourth-order valence-electron chi connectivity index (χ4n) is 2.02. The lowest BCUT2D eigenvalue weighted by Crippen LogP contribution is -1.85. The van der Waals surface area contributed by atoms with Gasteiger partial charge in [0.05, 0.1) is 23.0 Å². The van der Waals surface area contributed by atoms with E-state index >= 15 is 0 Å². The first-order valence-electron chi connectivity index (χ1n) is 6.08. The molecule has 1 aromatic rings. The van der Waals surface area contributed by atoms with Crippen molar-refractivity contribution < 1.29 is 0 Å². The number of hydrogen-bond acceptors (Lipinski definition) is 5. The second-order valence-corrected chi connectivity index (χ2v) is 4.57. The molecule has 0 saturated carbocycles. The average Bonchev–Trinajstić information content (AvgIpc) is 2.73.